The molecule has 3 rings (SSSR count). The third kappa shape index (κ3) is 4.11. The number of hydrogen-bond acceptors (Lipinski definition) is 4. The number of aromatic amines is 1. The average molecular weight is 372 g/mol. The van der Waals surface area contributed by atoms with Crippen molar-refractivity contribution in [3.8, 4) is 17.1 Å². The van der Waals surface area contributed by atoms with E-state index in [0.29, 0.717) is 11.3 Å². The van der Waals surface area contributed by atoms with Crippen LogP contribution in [0, 0.1) is 0 Å². The summed E-state index contributed by atoms with van der Waals surface area (Å²) in [7, 11) is -5.74. The zero-order valence-corrected chi connectivity index (χ0v) is 14.1. The number of H-pyrrole nitrogens is 1. The number of aromatic nitrogens is 2. The fraction of sp³-hybridized carbons (Fsp3) is 0.188. The molecule has 0 spiro atoms. The quantitative estimate of drug-likeness (QED) is 0.543. The van der Waals surface area contributed by atoms with Crippen LogP contribution in [0.1, 0.15) is 13.8 Å². The number of benzene rings is 2. The maximum absolute atomic E-state index is 12.3. The summed E-state index contributed by atoms with van der Waals surface area (Å²) in [6.45, 7) is 4.00. The van der Waals surface area contributed by atoms with E-state index in [1.165, 1.54) is 0 Å². The molecule has 0 saturated heterocycles. The highest BCUT2D eigenvalue weighted by Crippen LogP contribution is 2.29. The minimum Gasteiger partial charge on any atom is -0.354 e. The number of nitrogens with zero attached hydrogens (tertiary/aromatic N) is 1. The predicted octanol–water partition coefficient (Wildman–Crippen LogP) is 4.48. The molecule has 25 heavy (non-hydrogen) atoms. The lowest BCUT2D eigenvalue weighted by Gasteiger charge is -2.06. The van der Waals surface area contributed by atoms with Crippen LogP contribution in [0.5, 0.6) is 5.88 Å². The molecule has 0 aliphatic rings. The van der Waals surface area contributed by atoms with E-state index in [2.05, 4.69) is 14.4 Å². The van der Waals surface area contributed by atoms with E-state index in [-0.39, 0.29) is 0 Å². The van der Waals surface area contributed by atoms with E-state index in [1.54, 1.807) is 12.1 Å². The monoisotopic (exact) mass is 372 g/mol. The van der Waals surface area contributed by atoms with E-state index >= 15 is 0 Å². The Hall–Kier alpha value is -2.55. The Morgan fingerprint density at radius 3 is 2.28 bits per heavy atom. The van der Waals surface area contributed by atoms with Crippen LogP contribution in [0.3, 0.4) is 0 Å². The predicted molar refractivity (Wildman–Crippen MR) is 88.5 cm³/mol. The van der Waals surface area contributed by atoms with E-state index in [4.69, 9.17) is 0 Å². The summed E-state index contributed by atoms with van der Waals surface area (Å²) in [5.74, 6) is -0.675. The van der Waals surface area contributed by atoms with Crippen molar-refractivity contribution in [1.82, 2.24) is 10.2 Å². The summed E-state index contributed by atoms with van der Waals surface area (Å²) < 4.78 is 62.7. The number of fused-ring (bicyclic) bond motifs is 1. The van der Waals surface area contributed by atoms with Crippen molar-refractivity contribution in [2.75, 3.05) is 0 Å². The molecule has 0 unspecified atom stereocenters. The Balaban J connectivity index is 0.00000109. The van der Waals surface area contributed by atoms with Crippen LogP contribution in [0.4, 0.5) is 13.2 Å². The van der Waals surface area contributed by atoms with E-state index in [0.717, 1.165) is 16.8 Å². The van der Waals surface area contributed by atoms with Gasteiger partial charge in [-0.05, 0) is 16.8 Å². The lowest BCUT2D eigenvalue weighted by atomic mass is 10.1. The summed E-state index contributed by atoms with van der Waals surface area (Å²) in [4.78, 5) is 0. The maximum atomic E-state index is 12.3. The molecule has 0 radical (unpaired) electrons. The molecule has 1 N–H and O–H groups in total. The number of nitrogens with one attached hydrogen (secondary N) is 1. The van der Waals surface area contributed by atoms with Gasteiger partial charge >= 0.3 is 15.6 Å². The minimum absolute atomic E-state index is 0.336. The second-order valence-corrected chi connectivity index (χ2v) is 6.20. The fourth-order valence-corrected chi connectivity index (χ4v) is 2.42. The van der Waals surface area contributed by atoms with Gasteiger partial charge in [-0.2, -0.15) is 21.6 Å². The molecule has 0 atom stereocenters. The smallest absolute Gasteiger partial charge is 0.354 e. The lowest BCUT2D eigenvalue weighted by Crippen LogP contribution is -2.28. The molecule has 1 heterocycles. The first-order valence-corrected chi connectivity index (χ1v) is 8.72. The van der Waals surface area contributed by atoms with Crippen LogP contribution >= 0.6 is 0 Å². The first-order chi connectivity index (χ1) is 11.8. The van der Waals surface area contributed by atoms with Gasteiger partial charge in [-0.25, -0.2) is 0 Å². The molecule has 3 aromatic rings. The van der Waals surface area contributed by atoms with Gasteiger partial charge in [0.2, 0.25) is 0 Å². The Morgan fingerprint density at radius 2 is 1.64 bits per heavy atom. The number of alkyl halides is 3. The molecule has 0 aliphatic carbocycles. The van der Waals surface area contributed by atoms with Crippen molar-refractivity contribution in [2.24, 2.45) is 0 Å². The Labute approximate surface area is 142 Å². The zero-order valence-electron chi connectivity index (χ0n) is 13.3. The highest BCUT2D eigenvalue weighted by molar-refractivity contribution is 7.87. The molecule has 0 amide bonds. The Morgan fingerprint density at radius 1 is 1.00 bits per heavy atom. The summed E-state index contributed by atoms with van der Waals surface area (Å²) in [5.41, 5.74) is -4.53. The van der Waals surface area contributed by atoms with Crippen LogP contribution in [0.2, 0.25) is 0 Å². The van der Waals surface area contributed by atoms with Gasteiger partial charge in [0.25, 0.3) is 5.88 Å². The Bertz CT molecular complexity index is 966. The summed E-state index contributed by atoms with van der Waals surface area (Å²) in [6.07, 6.45) is 0. The van der Waals surface area contributed by atoms with Crippen molar-refractivity contribution >= 4 is 20.9 Å². The first kappa shape index (κ1) is 18.8. The minimum atomic E-state index is -5.74. The normalized spacial score (nSPS) is 11.7. The van der Waals surface area contributed by atoms with Crippen molar-refractivity contribution in [2.45, 2.75) is 19.4 Å². The third-order valence-corrected chi connectivity index (χ3v) is 4.05. The molecule has 0 bridgehead atoms. The van der Waals surface area contributed by atoms with Gasteiger partial charge in [-0.3, -0.25) is 5.10 Å². The number of rotatable bonds is 3. The standard InChI is InChI=1S/C14H9F3N2O3S.C2H6/c15-14(16,17)23(20,21)22-13-8-12(18-19-13)11-6-5-9-3-1-2-4-10(9)7-11;1-2/h1-8H,(H,18,19);1-2H3. The van der Waals surface area contributed by atoms with E-state index in [9.17, 15) is 21.6 Å². The number of halogens is 3. The van der Waals surface area contributed by atoms with Crippen LogP contribution in [-0.2, 0) is 10.1 Å². The molecule has 134 valence electrons. The fourth-order valence-electron chi connectivity index (χ4n) is 2.01. The van der Waals surface area contributed by atoms with Gasteiger partial charge < -0.3 is 4.18 Å². The largest absolute Gasteiger partial charge is 0.534 e. The molecule has 9 heteroatoms. The van der Waals surface area contributed by atoms with Gasteiger partial charge in [0, 0.05) is 11.6 Å². The zero-order chi connectivity index (χ0) is 18.7. The second-order valence-electron chi connectivity index (χ2n) is 4.66. The molecule has 0 aliphatic heterocycles. The van der Waals surface area contributed by atoms with Gasteiger partial charge in [0.1, 0.15) is 0 Å². The summed E-state index contributed by atoms with van der Waals surface area (Å²) in [6, 6.07) is 14.0. The summed E-state index contributed by atoms with van der Waals surface area (Å²) >= 11 is 0. The van der Waals surface area contributed by atoms with E-state index in [1.807, 2.05) is 44.2 Å². The third-order valence-electron chi connectivity index (χ3n) is 3.09. The highest BCUT2D eigenvalue weighted by Gasteiger charge is 2.49. The SMILES string of the molecule is CC.O=S(=O)(Oc1cc(-c2ccc3ccccc3c2)[nH]n1)C(F)(F)F. The van der Waals surface area contributed by atoms with Crippen LogP contribution in [-0.4, -0.2) is 24.1 Å². The maximum Gasteiger partial charge on any atom is 0.534 e. The second kappa shape index (κ2) is 7.14. The number of hydrogen-bond donors (Lipinski definition) is 1. The molecular formula is C16H15F3N2O3S. The van der Waals surface area contributed by atoms with Gasteiger partial charge in [0.15, 0.2) is 0 Å². The topological polar surface area (TPSA) is 72.1 Å². The lowest BCUT2D eigenvalue weighted by molar-refractivity contribution is -0.0501. The molecule has 0 saturated carbocycles. The average Bonchev–Trinajstić information content (AvgIpc) is 3.03. The van der Waals surface area contributed by atoms with Crippen molar-refractivity contribution < 1.29 is 25.8 Å². The molecule has 2 aromatic carbocycles. The van der Waals surface area contributed by atoms with Crippen LogP contribution in [0.25, 0.3) is 22.0 Å². The van der Waals surface area contributed by atoms with Crippen LogP contribution < -0.4 is 4.18 Å². The molecule has 0 fully saturated rings. The molecule has 1 aromatic heterocycles. The Kier molecular flexibility index (Phi) is 5.36. The van der Waals surface area contributed by atoms with E-state index < -0.39 is 21.5 Å². The van der Waals surface area contributed by atoms with Gasteiger partial charge in [-0.15, -0.1) is 5.10 Å². The van der Waals surface area contributed by atoms with Gasteiger partial charge in [-0.1, -0.05) is 50.2 Å². The van der Waals surface area contributed by atoms with Crippen molar-refractivity contribution in [1.29, 1.82) is 0 Å². The summed E-state index contributed by atoms with van der Waals surface area (Å²) in [5, 5.41) is 7.81. The molecular weight excluding hydrogens is 357 g/mol. The molecule has 5 nitrogen and oxygen atoms in total. The van der Waals surface area contributed by atoms with Crippen molar-refractivity contribution in [3.63, 3.8) is 0 Å². The first-order valence-electron chi connectivity index (χ1n) is 7.32. The highest BCUT2D eigenvalue weighted by atomic mass is 32.2. The van der Waals surface area contributed by atoms with Crippen LogP contribution in [0.15, 0.2) is 48.5 Å². The van der Waals surface area contributed by atoms with Crippen molar-refractivity contribution in [3.05, 3.63) is 48.5 Å². The van der Waals surface area contributed by atoms with Gasteiger partial charge in [0.05, 0.1) is 5.69 Å².